The fourth-order valence-corrected chi connectivity index (χ4v) is 1.93. The van der Waals surface area contributed by atoms with E-state index in [0.29, 0.717) is 0 Å². The molecule has 1 aromatic carbocycles. The molecule has 0 saturated heterocycles. The summed E-state index contributed by atoms with van der Waals surface area (Å²) in [5.41, 5.74) is 1.93. The van der Waals surface area contributed by atoms with Crippen LogP contribution >= 0.6 is 15.9 Å². The van der Waals surface area contributed by atoms with Crippen molar-refractivity contribution in [1.29, 1.82) is 0 Å². The second-order valence-corrected chi connectivity index (χ2v) is 4.58. The zero-order chi connectivity index (χ0) is 12.7. The third-order valence-corrected chi connectivity index (χ3v) is 3.27. The summed E-state index contributed by atoms with van der Waals surface area (Å²) < 4.78 is 0. The van der Waals surface area contributed by atoms with Gasteiger partial charge in [-0.05, 0) is 37.7 Å². The number of nitrogens with one attached hydrogen (secondary N) is 1. The molecule has 0 unspecified atom stereocenters. The van der Waals surface area contributed by atoms with Crippen LogP contribution in [-0.4, -0.2) is 38.0 Å². The van der Waals surface area contributed by atoms with E-state index in [9.17, 15) is 4.79 Å². The van der Waals surface area contributed by atoms with Crippen molar-refractivity contribution in [1.82, 2.24) is 10.2 Å². The molecule has 0 aromatic heterocycles. The fourth-order valence-electron chi connectivity index (χ4n) is 1.55. The number of carbonyl (C=O) groups excluding carboxylic acids is 1. The average Bonchev–Trinajstić information content (AvgIpc) is 2.38. The van der Waals surface area contributed by atoms with Crippen molar-refractivity contribution in [3.63, 3.8) is 0 Å². The summed E-state index contributed by atoms with van der Waals surface area (Å²) in [4.78, 5) is 13.8. The van der Waals surface area contributed by atoms with Crippen LogP contribution in [0.15, 0.2) is 24.3 Å². The van der Waals surface area contributed by atoms with Crippen LogP contribution in [0.4, 0.5) is 0 Å². The summed E-state index contributed by atoms with van der Waals surface area (Å²) in [6.45, 7) is 1.71. The molecule has 4 heteroatoms. The van der Waals surface area contributed by atoms with Gasteiger partial charge in [0.1, 0.15) is 0 Å². The standard InChI is InChI=1S/C13H19BrN2O/c1-15-8-3-9-16(2)13(17)12-6-4-11(10-14)5-7-12/h4-7,15H,3,8-10H2,1-2H3. The molecule has 0 fully saturated rings. The van der Waals surface area contributed by atoms with E-state index < -0.39 is 0 Å². The Bertz CT molecular complexity index is 351. The molecule has 0 bridgehead atoms. The molecule has 0 radical (unpaired) electrons. The van der Waals surface area contributed by atoms with Gasteiger partial charge in [-0.25, -0.2) is 0 Å². The van der Waals surface area contributed by atoms with Crippen LogP contribution in [-0.2, 0) is 5.33 Å². The number of halogens is 1. The summed E-state index contributed by atoms with van der Waals surface area (Å²) in [6, 6.07) is 7.72. The van der Waals surface area contributed by atoms with Crippen LogP contribution in [0.2, 0.25) is 0 Å². The maximum absolute atomic E-state index is 12.0. The minimum atomic E-state index is 0.0854. The van der Waals surface area contributed by atoms with E-state index in [2.05, 4.69) is 21.2 Å². The smallest absolute Gasteiger partial charge is 0.253 e. The van der Waals surface area contributed by atoms with Crippen molar-refractivity contribution in [3.05, 3.63) is 35.4 Å². The van der Waals surface area contributed by atoms with E-state index in [1.54, 1.807) is 4.90 Å². The Hall–Kier alpha value is -0.870. The predicted molar refractivity (Wildman–Crippen MR) is 74.6 cm³/mol. The molecule has 1 aromatic rings. The lowest BCUT2D eigenvalue weighted by Crippen LogP contribution is -2.29. The van der Waals surface area contributed by atoms with E-state index in [1.807, 2.05) is 38.4 Å². The van der Waals surface area contributed by atoms with Crippen LogP contribution in [0.5, 0.6) is 0 Å². The molecular formula is C13H19BrN2O. The van der Waals surface area contributed by atoms with Gasteiger partial charge in [0.05, 0.1) is 0 Å². The van der Waals surface area contributed by atoms with Crippen LogP contribution in [0, 0.1) is 0 Å². The highest BCUT2D eigenvalue weighted by Crippen LogP contribution is 2.09. The van der Waals surface area contributed by atoms with Crippen LogP contribution in [0.1, 0.15) is 22.3 Å². The highest BCUT2D eigenvalue weighted by Gasteiger charge is 2.10. The van der Waals surface area contributed by atoms with Gasteiger partial charge in [-0.1, -0.05) is 28.1 Å². The Morgan fingerprint density at radius 3 is 2.53 bits per heavy atom. The van der Waals surface area contributed by atoms with Gasteiger partial charge in [-0.3, -0.25) is 4.79 Å². The van der Waals surface area contributed by atoms with Crippen molar-refractivity contribution in [2.75, 3.05) is 27.2 Å². The first-order valence-electron chi connectivity index (χ1n) is 5.74. The van der Waals surface area contributed by atoms with Gasteiger partial charge in [0.15, 0.2) is 0 Å². The van der Waals surface area contributed by atoms with Gasteiger partial charge in [-0.2, -0.15) is 0 Å². The number of benzene rings is 1. The second kappa shape index (κ2) is 7.45. The van der Waals surface area contributed by atoms with E-state index in [1.165, 1.54) is 5.56 Å². The van der Waals surface area contributed by atoms with E-state index in [4.69, 9.17) is 0 Å². The Morgan fingerprint density at radius 2 is 2.00 bits per heavy atom. The summed E-state index contributed by atoms with van der Waals surface area (Å²) in [6.07, 6.45) is 0.970. The van der Waals surface area contributed by atoms with Crippen molar-refractivity contribution in [2.45, 2.75) is 11.8 Å². The first-order valence-corrected chi connectivity index (χ1v) is 6.86. The SMILES string of the molecule is CNCCCN(C)C(=O)c1ccc(CBr)cc1. The number of rotatable bonds is 6. The molecular weight excluding hydrogens is 280 g/mol. The molecule has 1 amide bonds. The molecule has 3 nitrogen and oxygen atoms in total. The molecule has 0 heterocycles. The van der Waals surface area contributed by atoms with Gasteiger partial charge in [0, 0.05) is 24.5 Å². The lowest BCUT2D eigenvalue weighted by molar-refractivity contribution is 0.0794. The third-order valence-electron chi connectivity index (χ3n) is 2.62. The minimum Gasteiger partial charge on any atom is -0.342 e. The normalized spacial score (nSPS) is 10.3. The number of hydrogen-bond acceptors (Lipinski definition) is 2. The van der Waals surface area contributed by atoms with Crippen molar-refractivity contribution >= 4 is 21.8 Å². The number of carbonyl (C=O) groups is 1. The zero-order valence-corrected chi connectivity index (χ0v) is 12.0. The topological polar surface area (TPSA) is 32.3 Å². The van der Waals surface area contributed by atoms with Gasteiger partial charge in [0.25, 0.3) is 5.91 Å². The van der Waals surface area contributed by atoms with Crippen LogP contribution in [0.3, 0.4) is 0 Å². The summed E-state index contributed by atoms with van der Waals surface area (Å²) in [5.74, 6) is 0.0854. The highest BCUT2D eigenvalue weighted by molar-refractivity contribution is 9.08. The molecule has 0 spiro atoms. The molecule has 0 aliphatic rings. The van der Waals surface area contributed by atoms with Gasteiger partial charge < -0.3 is 10.2 Å². The number of amides is 1. The van der Waals surface area contributed by atoms with Gasteiger partial charge in [-0.15, -0.1) is 0 Å². The fraction of sp³-hybridized carbons (Fsp3) is 0.462. The molecule has 94 valence electrons. The lowest BCUT2D eigenvalue weighted by Gasteiger charge is -2.17. The molecule has 0 saturated carbocycles. The Balaban J connectivity index is 2.55. The lowest BCUT2D eigenvalue weighted by atomic mass is 10.1. The number of nitrogens with zero attached hydrogens (tertiary/aromatic N) is 1. The average molecular weight is 299 g/mol. The van der Waals surface area contributed by atoms with Crippen molar-refractivity contribution < 1.29 is 4.79 Å². The highest BCUT2D eigenvalue weighted by atomic mass is 79.9. The molecule has 17 heavy (non-hydrogen) atoms. The molecule has 1 rings (SSSR count). The second-order valence-electron chi connectivity index (χ2n) is 4.01. The van der Waals surface area contributed by atoms with Crippen LogP contribution in [0.25, 0.3) is 0 Å². The van der Waals surface area contributed by atoms with Gasteiger partial charge >= 0.3 is 0 Å². The van der Waals surface area contributed by atoms with E-state index in [0.717, 1.165) is 30.4 Å². The Labute approximate surface area is 111 Å². The minimum absolute atomic E-state index is 0.0854. The monoisotopic (exact) mass is 298 g/mol. The molecule has 0 aliphatic carbocycles. The first-order chi connectivity index (χ1) is 8.19. The van der Waals surface area contributed by atoms with Crippen LogP contribution < -0.4 is 5.32 Å². The number of alkyl halides is 1. The van der Waals surface area contributed by atoms with Gasteiger partial charge in [0.2, 0.25) is 0 Å². The third kappa shape index (κ3) is 4.48. The quantitative estimate of drug-likeness (QED) is 0.645. The maximum atomic E-state index is 12.0. The summed E-state index contributed by atoms with van der Waals surface area (Å²) >= 11 is 3.39. The number of hydrogen-bond donors (Lipinski definition) is 1. The molecule has 1 N–H and O–H groups in total. The molecule has 0 aliphatic heterocycles. The Morgan fingerprint density at radius 1 is 1.35 bits per heavy atom. The van der Waals surface area contributed by atoms with E-state index in [-0.39, 0.29) is 5.91 Å². The zero-order valence-electron chi connectivity index (χ0n) is 10.4. The first kappa shape index (κ1) is 14.2. The summed E-state index contributed by atoms with van der Waals surface area (Å²) in [5, 5.41) is 3.89. The summed E-state index contributed by atoms with van der Waals surface area (Å²) in [7, 11) is 3.76. The molecule has 0 atom stereocenters. The predicted octanol–water partition coefficient (Wildman–Crippen LogP) is 2.26. The maximum Gasteiger partial charge on any atom is 0.253 e. The largest absolute Gasteiger partial charge is 0.342 e. The van der Waals surface area contributed by atoms with Crippen molar-refractivity contribution in [3.8, 4) is 0 Å². The van der Waals surface area contributed by atoms with E-state index >= 15 is 0 Å². The Kier molecular flexibility index (Phi) is 6.22. The van der Waals surface area contributed by atoms with Crippen molar-refractivity contribution in [2.24, 2.45) is 0 Å².